The van der Waals surface area contributed by atoms with Crippen LogP contribution in [0, 0.1) is 13.8 Å². The molecule has 0 aromatic carbocycles. The molecule has 0 aliphatic rings. The molecule has 6 heteroatoms. The van der Waals surface area contributed by atoms with E-state index in [-0.39, 0.29) is 0 Å². The average molecular weight is 281 g/mol. The molecule has 114 valence electrons. The van der Waals surface area contributed by atoms with Crippen LogP contribution in [-0.2, 0) is 0 Å². The van der Waals surface area contributed by atoms with Crippen LogP contribution in [0.3, 0.4) is 0 Å². The van der Waals surface area contributed by atoms with Crippen LogP contribution in [0.25, 0.3) is 0 Å². The number of rotatable bonds is 7. The first-order valence-corrected chi connectivity index (χ1v) is 6.95. The van der Waals surface area contributed by atoms with E-state index in [1.165, 1.54) is 0 Å². The molecule has 1 rings (SSSR count). The maximum absolute atomic E-state index is 10.3. The van der Waals surface area contributed by atoms with Crippen molar-refractivity contribution in [2.75, 3.05) is 44.4 Å². The van der Waals surface area contributed by atoms with Crippen LogP contribution in [0.15, 0.2) is 0 Å². The first kappa shape index (κ1) is 16.7. The summed E-state index contributed by atoms with van der Waals surface area (Å²) < 4.78 is 0. The Bertz CT molecular complexity index is 445. The van der Waals surface area contributed by atoms with E-state index in [1.54, 1.807) is 0 Å². The molecule has 20 heavy (non-hydrogen) atoms. The summed E-state index contributed by atoms with van der Waals surface area (Å²) in [5.74, 6) is 2.32. The molecule has 0 amide bonds. The van der Waals surface area contributed by atoms with Crippen LogP contribution in [0.5, 0.6) is 0 Å². The molecular formula is C14H27N5O. The highest BCUT2D eigenvalue weighted by atomic mass is 16.3. The number of hydrogen-bond donors (Lipinski definition) is 3. The Labute approximate surface area is 121 Å². The van der Waals surface area contributed by atoms with Crippen LogP contribution < -0.4 is 10.6 Å². The summed E-state index contributed by atoms with van der Waals surface area (Å²) >= 11 is 0. The van der Waals surface area contributed by atoms with Gasteiger partial charge in [0.15, 0.2) is 0 Å². The van der Waals surface area contributed by atoms with E-state index in [4.69, 9.17) is 0 Å². The smallest absolute Gasteiger partial charge is 0.134 e. The zero-order chi connectivity index (χ0) is 15.3. The standard InChI is InChI=1S/C14H27N5O/c1-7-15-12-10(2)13(18-11(3)17-12)16-8-14(4,20)9-19(5)6/h20H,7-9H2,1-6H3,(H2,15,16,17,18). The minimum absolute atomic E-state index is 0.439. The fourth-order valence-corrected chi connectivity index (χ4v) is 2.15. The van der Waals surface area contributed by atoms with Crippen molar-refractivity contribution in [2.45, 2.75) is 33.3 Å². The van der Waals surface area contributed by atoms with Gasteiger partial charge in [-0.05, 0) is 41.8 Å². The number of aromatic nitrogens is 2. The van der Waals surface area contributed by atoms with Crippen LogP contribution >= 0.6 is 0 Å². The molecule has 0 saturated heterocycles. The van der Waals surface area contributed by atoms with E-state index in [0.29, 0.717) is 18.9 Å². The minimum Gasteiger partial charge on any atom is -0.387 e. The third-order valence-corrected chi connectivity index (χ3v) is 2.90. The summed E-state index contributed by atoms with van der Waals surface area (Å²) in [6.07, 6.45) is 0. The van der Waals surface area contributed by atoms with Crippen molar-refractivity contribution >= 4 is 11.6 Å². The van der Waals surface area contributed by atoms with Gasteiger partial charge in [0.2, 0.25) is 0 Å². The molecule has 6 nitrogen and oxygen atoms in total. The predicted molar refractivity (Wildman–Crippen MR) is 83.3 cm³/mol. The van der Waals surface area contributed by atoms with Crippen molar-refractivity contribution in [3.8, 4) is 0 Å². The van der Waals surface area contributed by atoms with E-state index in [0.717, 1.165) is 23.7 Å². The van der Waals surface area contributed by atoms with E-state index >= 15 is 0 Å². The van der Waals surface area contributed by atoms with Crippen LogP contribution in [0.1, 0.15) is 25.2 Å². The molecule has 1 unspecified atom stereocenters. The van der Waals surface area contributed by atoms with Gasteiger partial charge in [-0.3, -0.25) is 0 Å². The Hall–Kier alpha value is -1.40. The van der Waals surface area contributed by atoms with Crippen molar-refractivity contribution in [1.82, 2.24) is 14.9 Å². The van der Waals surface area contributed by atoms with Gasteiger partial charge in [0.05, 0.1) is 5.60 Å². The molecule has 0 bridgehead atoms. The second-order valence-corrected chi connectivity index (χ2v) is 5.71. The third-order valence-electron chi connectivity index (χ3n) is 2.90. The molecule has 0 radical (unpaired) electrons. The first-order chi connectivity index (χ1) is 9.25. The molecule has 0 saturated carbocycles. The Kier molecular flexibility index (Phi) is 5.71. The average Bonchev–Trinajstić information content (AvgIpc) is 2.30. The van der Waals surface area contributed by atoms with Crippen molar-refractivity contribution in [1.29, 1.82) is 0 Å². The molecule has 1 atom stereocenters. The number of likely N-dealkylation sites (N-methyl/N-ethyl adjacent to an activating group) is 1. The van der Waals surface area contributed by atoms with Gasteiger partial charge in [-0.25, -0.2) is 9.97 Å². The zero-order valence-electron chi connectivity index (χ0n) is 13.4. The van der Waals surface area contributed by atoms with Gasteiger partial charge in [0.1, 0.15) is 17.5 Å². The lowest BCUT2D eigenvalue weighted by atomic mass is 10.1. The van der Waals surface area contributed by atoms with Crippen molar-refractivity contribution in [3.05, 3.63) is 11.4 Å². The Morgan fingerprint density at radius 3 is 2.20 bits per heavy atom. The molecular weight excluding hydrogens is 254 g/mol. The Morgan fingerprint density at radius 1 is 1.15 bits per heavy atom. The summed E-state index contributed by atoms with van der Waals surface area (Å²) in [6, 6.07) is 0. The van der Waals surface area contributed by atoms with Crippen molar-refractivity contribution in [2.24, 2.45) is 0 Å². The van der Waals surface area contributed by atoms with Crippen LogP contribution in [0.4, 0.5) is 11.6 Å². The number of nitrogens with zero attached hydrogens (tertiary/aromatic N) is 3. The largest absolute Gasteiger partial charge is 0.387 e. The Balaban J connectivity index is 2.82. The van der Waals surface area contributed by atoms with E-state index in [1.807, 2.05) is 46.7 Å². The number of anilines is 2. The Morgan fingerprint density at radius 2 is 1.70 bits per heavy atom. The fourth-order valence-electron chi connectivity index (χ4n) is 2.15. The molecule has 3 N–H and O–H groups in total. The quantitative estimate of drug-likeness (QED) is 0.698. The summed E-state index contributed by atoms with van der Waals surface area (Å²) in [5.41, 5.74) is 0.158. The third kappa shape index (κ3) is 4.94. The lowest BCUT2D eigenvalue weighted by Crippen LogP contribution is -2.43. The van der Waals surface area contributed by atoms with Crippen LogP contribution in [0.2, 0.25) is 0 Å². The highest BCUT2D eigenvalue weighted by Crippen LogP contribution is 2.20. The molecule has 0 fully saturated rings. The number of nitrogens with one attached hydrogen (secondary N) is 2. The normalized spacial score (nSPS) is 14.2. The lowest BCUT2D eigenvalue weighted by Gasteiger charge is -2.27. The maximum Gasteiger partial charge on any atom is 0.134 e. The van der Waals surface area contributed by atoms with E-state index in [2.05, 4.69) is 20.6 Å². The maximum atomic E-state index is 10.3. The predicted octanol–water partition coefficient (Wildman–Crippen LogP) is 1.25. The van der Waals surface area contributed by atoms with Gasteiger partial charge in [0, 0.05) is 25.2 Å². The molecule has 0 aliphatic carbocycles. The van der Waals surface area contributed by atoms with E-state index in [9.17, 15) is 5.11 Å². The van der Waals surface area contributed by atoms with Crippen LogP contribution in [-0.4, -0.2) is 59.3 Å². The minimum atomic E-state index is -0.812. The number of aliphatic hydroxyl groups is 1. The summed E-state index contributed by atoms with van der Waals surface area (Å²) in [6.45, 7) is 9.52. The number of hydrogen-bond acceptors (Lipinski definition) is 6. The van der Waals surface area contributed by atoms with E-state index < -0.39 is 5.60 Å². The van der Waals surface area contributed by atoms with Gasteiger partial charge in [-0.2, -0.15) is 0 Å². The molecule has 1 aromatic heterocycles. The number of aryl methyl sites for hydroxylation is 1. The van der Waals surface area contributed by atoms with Gasteiger partial charge >= 0.3 is 0 Å². The SMILES string of the molecule is CCNc1nc(C)nc(NCC(C)(O)CN(C)C)c1C. The summed E-state index contributed by atoms with van der Waals surface area (Å²) in [7, 11) is 3.88. The topological polar surface area (TPSA) is 73.3 Å². The highest BCUT2D eigenvalue weighted by molar-refractivity contribution is 5.57. The lowest BCUT2D eigenvalue weighted by molar-refractivity contribution is 0.0459. The van der Waals surface area contributed by atoms with Gasteiger partial charge in [-0.15, -0.1) is 0 Å². The summed E-state index contributed by atoms with van der Waals surface area (Å²) in [4.78, 5) is 10.8. The first-order valence-electron chi connectivity index (χ1n) is 6.95. The fraction of sp³-hybridized carbons (Fsp3) is 0.714. The molecule has 1 heterocycles. The highest BCUT2D eigenvalue weighted by Gasteiger charge is 2.22. The second-order valence-electron chi connectivity index (χ2n) is 5.71. The summed E-state index contributed by atoms with van der Waals surface area (Å²) in [5, 5.41) is 16.8. The van der Waals surface area contributed by atoms with Gasteiger partial charge in [0.25, 0.3) is 0 Å². The molecule has 1 aromatic rings. The zero-order valence-corrected chi connectivity index (χ0v) is 13.4. The molecule has 0 aliphatic heterocycles. The van der Waals surface area contributed by atoms with Gasteiger partial charge < -0.3 is 20.6 Å². The second kappa shape index (κ2) is 6.85. The monoisotopic (exact) mass is 281 g/mol. The molecule has 0 spiro atoms. The van der Waals surface area contributed by atoms with Gasteiger partial charge in [-0.1, -0.05) is 0 Å². The van der Waals surface area contributed by atoms with Crippen molar-refractivity contribution in [3.63, 3.8) is 0 Å². The van der Waals surface area contributed by atoms with Crippen molar-refractivity contribution < 1.29 is 5.11 Å².